The first-order valence-corrected chi connectivity index (χ1v) is 8.48. The van der Waals surface area contributed by atoms with Crippen LogP contribution in [0.25, 0.3) is 0 Å². The summed E-state index contributed by atoms with van der Waals surface area (Å²) < 4.78 is 0. The first-order chi connectivity index (χ1) is 9.33. The van der Waals surface area contributed by atoms with E-state index in [1.165, 1.54) is 77.8 Å². The van der Waals surface area contributed by atoms with Crippen LogP contribution in [-0.4, -0.2) is 55.6 Å². The van der Waals surface area contributed by atoms with Crippen LogP contribution in [0.3, 0.4) is 0 Å². The molecule has 0 aromatic heterocycles. The van der Waals surface area contributed by atoms with Gasteiger partial charge in [-0.05, 0) is 76.8 Å². The lowest BCUT2D eigenvalue weighted by Crippen LogP contribution is -2.42. The Morgan fingerprint density at radius 3 is 2.11 bits per heavy atom. The number of nitrogens with two attached hydrogens (primary N) is 1. The monoisotopic (exact) mass is 267 g/mol. The van der Waals surface area contributed by atoms with Crippen LogP contribution in [0, 0.1) is 11.8 Å². The lowest BCUT2D eigenvalue weighted by atomic mass is 9.84. The molecule has 2 fully saturated rings. The van der Waals surface area contributed by atoms with Crippen molar-refractivity contribution in [3.8, 4) is 0 Å². The molecular formula is C16H33N3. The summed E-state index contributed by atoms with van der Waals surface area (Å²) in [5, 5.41) is 0. The Hall–Kier alpha value is -0.120. The number of nitrogens with zero attached hydrogens (tertiary/aromatic N) is 2. The van der Waals surface area contributed by atoms with Gasteiger partial charge in [-0.2, -0.15) is 0 Å². The van der Waals surface area contributed by atoms with Crippen molar-refractivity contribution in [2.75, 3.05) is 45.8 Å². The van der Waals surface area contributed by atoms with E-state index in [4.69, 9.17) is 5.73 Å². The van der Waals surface area contributed by atoms with E-state index in [1.807, 2.05) is 0 Å². The molecule has 0 aliphatic carbocycles. The number of piperidine rings is 1. The van der Waals surface area contributed by atoms with Gasteiger partial charge < -0.3 is 15.5 Å². The van der Waals surface area contributed by atoms with E-state index in [9.17, 15) is 0 Å². The fraction of sp³-hybridized carbons (Fsp3) is 1.00. The minimum Gasteiger partial charge on any atom is -0.330 e. The highest BCUT2D eigenvalue weighted by Crippen LogP contribution is 2.26. The maximum Gasteiger partial charge on any atom is 0.00244 e. The van der Waals surface area contributed by atoms with Crippen molar-refractivity contribution in [2.45, 2.75) is 45.4 Å². The van der Waals surface area contributed by atoms with Gasteiger partial charge in [0, 0.05) is 6.54 Å². The molecule has 1 atom stereocenters. The third-order valence-electron chi connectivity index (χ3n) is 5.24. The summed E-state index contributed by atoms with van der Waals surface area (Å²) in [5.41, 5.74) is 6.09. The van der Waals surface area contributed by atoms with Crippen LogP contribution in [0.5, 0.6) is 0 Å². The van der Waals surface area contributed by atoms with E-state index in [0.29, 0.717) is 0 Å². The molecule has 0 spiro atoms. The van der Waals surface area contributed by atoms with Gasteiger partial charge >= 0.3 is 0 Å². The zero-order chi connectivity index (χ0) is 13.5. The van der Waals surface area contributed by atoms with Crippen LogP contribution in [0.4, 0.5) is 0 Å². The molecule has 19 heavy (non-hydrogen) atoms. The van der Waals surface area contributed by atoms with E-state index >= 15 is 0 Å². The number of likely N-dealkylation sites (tertiary alicyclic amines) is 2. The molecule has 2 N–H and O–H groups in total. The predicted octanol–water partition coefficient (Wildman–Crippen LogP) is 2.17. The predicted molar refractivity (Wildman–Crippen MR) is 82.3 cm³/mol. The van der Waals surface area contributed by atoms with Crippen LogP contribution in [0.15, 0.2) is 0 Å². The third kappa shape index (κ3) is 4.73. The van der Waals surface area contributed by atoms with Gasteiger partial charge in [-0.3, -0.25) is 0 Å². The normalized spacial score (nSPS) is 26.2. The van der Waals surface area contributed by atoms with Gasteiger partial charge in [0.2, 0.25) is 0 Å². The zero-order valence-corrected chi connectivity index (χ0v) is 12.8. The Morgan fingerprint density at radius 2 is 1.58 bits per heavy atom. The van der Waals surface area contributed by atoms with Crippen LogP contribution >= 0.6 is 0 Å². The molecule has 0 amide bonds. The van der Waals surface area contributed by atoms with Gasteiger partial charge in [-0.25, -0.2) is 0 Å². The minimum atomic E-state index is 0.733. The van der Waals surface area contributed by atoms with Gasteiger partial charge in [-0.15, -0.1) is 0 Å². The van der Waals surface area contributed by atoms with Crippen LogP contribution in [-0.2, 0) is 0 Å². The average Bonchev–Trinajstić information content (AvgIpc) is 2.73. The topological polar surface area (TPSA) is 32.5 Å². The molecule has 0 radical (unpaired) electrons. The molecule has 2 rings (SSSR count). The average molecular weight is 267 g/mol. The fourth-order valence-corrected chi connectivity index (χ4v) is 3.81. The Morgan fingerprint density at radius 1 is 0.947 bits per heavy atom. The quantitative estimate of drug-likeness (QED) is 0.828. The van der Waals surface area contributed by atoms with Crippen LogP contribution < -0.4 is 5.73 Å². The highest BCUT2D eigenvalue weighted by molar-refractivity contribution is 4.80. The lowest BCUT2D eigenvalue weighted by Gasteiger charge is -2.37. The largest absolute Gasteiger partial charge is 0.330 e. The molecule has 3 nitrogen and oxygen atoms in total. The van der Waals surface area contributed by atoms with Crippen molar-refractivity contribution in [3.05, 3.63) is 0 Å². The Balaban J connectivity index is 1.78. The van der Waals surface area contributed by atoms with E-state index in [2.05, 4.69) is 16.7 Å². The van der Waals surface area contributed by atoms with Gasteiger partial charge in [0.15, 0.2) is 0 Å². The highest BCUT2D eigenvalue weighted by atomic mass is 15.1. The Bertz CT molecular complexity index is 228. The Labute approximate surface area is 119 Å². The first kappa shape index (κ1) is 15.3. The molecule has 2 aliphatic heterocycles. The van der Waals surface area contributed by atoms with E-state index in [0.717, 1.165) is 18.4 Å². The van der Waals surface area contributed by atoms with E-state index in [-0.39, 0.29) is 0 Å². The van der Waals surface area contributed by atoms with Gasteiger partial charge in [0.05, 0.1) is 0 Å². The third-order valence-corrected chi connectivity index (χ3v) is 5.24. The molecule has 1 unspecified atom stereocenters. The van der Waals surface area contributed by atoms with Crippen molar-refractivity contribution in [2.24, 2.45) is 17.6 Å². The number of hydrogen-bond acceptors (Lipinski definition) is 3. The fourth-order valence-electron chi connectivity index (χ4n) is 3.81. The van der Waals surface area contributed by atoms with Crippen LogP contribution in [0.2, 0.25) is 0 Å². The second-order valence-electron chi connectivity index (χ2n) is 6.48. The first-order valence-electron chi connectivity index (χ1n) is 8.48. The second-order valence-corrected chi connectivity index (χ2v) is 6.48. The molecule has 2 saturated heterocycles. The zero-order valence-electron chi connectivity index (χ0n) is 12.8. The molecule has 2 aliphatic rings. The molecule has 3 heteroatoms. The van der Waals surface area contributed by atoms with E-state index in [1.54, 1.807) is 0 Å². The summed E-state index contributed by atoms with van der Waals surface area (Å²) in [6.45, 7) is 10.8. The molecule has 0 aromatic carbocycles. The van der Waals surface area contributed by atoms with Gasteiger partial charge in [0.1, 0.15) is 0 Å². The molecule has 0 aromatic rings. The minimum absolute atomic E-state index is 0.733. The van der Waals surface area contributed by atoms with Gasteiger partial charge in [0.25, 0.3) is 0 Å². The summed E-state index contributed by atoms with van der Waals surface area (Å²) >= 11 is 0. The van der Waals surface area contributed by atoms with Crippen LogP contribution in [0.1, 0.15) is 45.4 Å². The molecule has 112 valence electrons. The van der Waals surface area contributed by atoms with Crippen molar-refractivity contribution in [1.29, 1.82) is 0 Å². The summed E-state index contributed by atoms with van der Waals surface area (Å²) in [5.74, 6) is 1.60. The second kappa shape index (κ2) is 8.23. The molecular weight excluding hydrogens is 234 g/mol. The maximum absolute atomic E-state index is 6.09. The molecule has 0 saturated carbocycles. The van der Waals surface area contributed by atoms with Crippen molar-refractivity contribution < 1.29 is 0 Å². The van der Waals surface area contributed by atoms with Crippen molar-refractivity contribution >= 4 is 0 Å². The SMILES string of the molecule is CCN1CCC(C(CN)CN2CCCCCC2)CC1. The van der Waals surface area contributed by atoms with Gasteiger partial charge in [-0.1, -0.05) is 19.8 Å². The standard InChI is InChI=1S/C16H33N3/c1-2-18-11-7-15(8-12-18)16(13-17)14-19-9-5-3-4-6-10-19/h15-16H,2-14,17H2,1H3. The lowest BCUT2D eigenvalue weighted by molar-refractivity contribution is 0.125. The molecule has 2 heterocycles. The summed E-state index contributed by atoms with van der Waals surface area (Å²) in [4.78, 5) is 5.27. The summed E-state index contributed by atoms with van der Waals surface area (Å²) in [7, 11) is 0. The molecule has 0 bridgehead atoms. The Kier molecular flexibility index (Phi) is 6.62. The van der Waals surface area contributed by atoms with E-state index < -0.39 is 0 Å². The highest BCUT2D eigenvalue weighted by Gasteiger charge is 2.26. The smallest absolute Gasteiger partial charge is 0.00244 e. The van der Waals surface area contributed by atoms with Crippen molar-refractivity contribution in [3.63, 3.8) is 0 Å². The number of hydrogen-bond donors (Lipinski definition) is 1. The number of rotatable bonds is 5. The summed E-state index contributed by atoms with van der Waals surface area (Å²) in [6.07, 6.45) is 8.38. The van der Waals surface area contributed by atoms with Crippen molar-refractivity contribution in [1.82, 2.24) is 9.80 Å². The maximum atomic E-state index is 6.09. The summed E-state index contributed by atoms with van der Waals surface area (Å²) in [6, 6.07) is 0.